The number of benzene rings is 1. The molecule has 1 saturated heterocycles. The van der Waals surface area contributed by atoms with E-state index < -0.39 is 12.0 Å². The van der Waals surface area contributed by atoms with Crippen LogP contribution in [0.5, 0.6) is 0 Å². The molecular weight excluding hydrogens is 398 g/mol. The monoisotopic (exact) mass is 429 g/mol. The number of aryl methyl sites for hydroxylation is 1. The molecule has 2 aliphatic rings. The van der Waals surface area contributed by atoms with Gasteiger partial charge in [0.1, 0.15) is 0 Å². The number of carbonyl (C=O) groups excluding carboxylic acids is 3. The molecule has 1 aromatic rings. The molecule has 3 rings (SSSR count). The van der Waals surface area contributed by atoms with Crippen molar-refractivity contribution in [3.8, 4) is 0 Å². The molecule has 8 heteroatoms. The number of amides is 2. The van der Waals surface area contributed by atoms with Crippen LogP contribution < -0.4 is 10.6 Å². The van der Waals surface area contributed by atoms with Crippen molar-refractivity contribution in [2.45, 2.75) is 39.7 Å². The summed E-state index contributed by atoms with van der Waals surface area (Å²) in [7, 11) is 0. The smallest absolute Gasteiger partial charge is 0.338 e. The van der Waals surface area contributed by atoms with Crippen molar-refractivity contribution in [3.63, 3.8) is 0 Å². The zero-order valence-electron chi connectivity index (χ0n) is 18.4. The van der Waals surface area contributed by atoms with Gasteiger partial charge in [0.05, 0.1) is 30.7 Å². The molecule has 0 radical (unpaired) electrons. The van der Waals surface area contributed by atoms with E-state index in [9.17, 15) is 14.4 Å². The fourth-order valence-corrected chi connectivity index (χ4v) is 4.08. The van der Waals surface area contributed by atoms with Crippen molar-refractivity contribution in [2.75, 3.05) is 32.8 Å². The first kappa shape index (κ1) is 22.8. The molecule has 2 heterocycles. The number of esters is 2. The Labute approximate surface area is 183 Å². The summed E-state index contributed by atoms with van der Waals surface area (Å²) in [6, 6.07) is 6.73. The van der Waals surface area contributed by atoms with Crippen molar-refractivity contribution in [3.05, 3.63) is 46.7 Å². The summed E-state index contributed by atoms with van der Waals surface area (Å²) in [5, 5.41) is 5.66. The number of piperidine rings is 1. The van der Waals surface area contributed by atoms with E-state index in [1.807, 2.05) is 31.2 Å². The molecule has 1 aromatic carbocycles. The third-order valence-corrected chi connectivity index (χ3v) is 5.57. The van der Waals surface area contributed by atoms with E-state index in [-0.39, 0.29) is 24.5 Å². The third-order valence-electron chi connectivity index (χ3n) is 5.57. The van der Waals surface area contributed by atoms with E-state index in [1.54, 1.807) is 13.8 Å². The van der Waals surface area contributed by atoms with Crippen LogP contribution in [0.4, 0.5) is 4.79 Å². The van der Waals surface area contributed by atoms with Gasteiger partial charge >= 0.3 is 18.0 Å². The van der Waals surface area contributed by atoms with E-state index in [4.69, 9.17) is 9.47 Å². The van der Waals surface area contributed by atoms with Crippen molar-refractivity contribution < 1.29 is 23.9 Å². The first-order chi connectivity index (χ1) is 14.9. The highest BCUT2D eigenvalue weighted by Gasteiger charge is 2.35. The molecule has 2 amide bonds. The number of hydrogen-bond acceptors (Lipinski definition) is 6. The van der Waals surface area contributed by atoms with Gasteiger partial charge in [-0.1, -0.05) is 29.8 Å². The first-order valence-corrected chi connectivity index (χ1v) is 10.9. The Morgan fingerprint density at radius 2 is 1.84 bits per heavy atom. The van der Waals surface area contributed by atoms with E-state index in [2.05, 4.69) is 15.5 Å². The summed E-state index contributed by atoms with van der Waals surface area (Å²) < 4.78 is 10.5. The molecule has 0 spiro atoms. The van der Waals surface area contributed by atoms with Crippen LogP contribution in [0.25, 0.3) is 0 Å². The summed E-state index contributed by atoms with van der Waals surface area (Å²) in [6.45, 7) is 7.76. The predicted molar refractivity (Wildman–Crippen MR) is 115 cm³/mol. The number of rotatable bonds is 7. The van der Waals surface area contributed by atoms with E-state index in [1.165, 1.54) is 0 Å². The average molecular weight is 430 g/mol. The Morgan fingerprint density at radius 3 is 2.52 bits per heavy atom. The molecule has 0 aliphatic carbocycles. The van der Waals surface area contributed by atoms with Crippen LogP contribution in [0.3, 0.4) is 0 Å². The third kappa shape index (κ3) is 5.64. The van der Waals surface area contributed by atoms with Crippen LogP contribution in [-0.4, -0.2) is 55.7 Å². The van der Waals surface area contributed by atoms with Crippen molar-refractivity contribution >= 4 is 18.0 Å². The van der Waals surface area contributed by atoms with E-state index >= 15 is 0 Å². The van der Waals surface area contributed by atoms with Gasteiger partial charge in [-0.25, -0.2) is 9.59 Å². The van der Waals surface area contributed by atoms with Gasteiger partial charge < -0.3 is 20.1 Å². The van der Waals surface area contributed by atoms with Gasteiger partial charge in [0.25, 0.3) is 0 Å². The van der Waals surface area contributed by atoms with Gasteiger partial charge in [0, 0.05) is 18.8 Å². The number of nitrogens with one attached hydrogen (secondary N) is 2. The predicted octanol–water partition coefficient (Wildman–Crippen LogP) is 2.44. The molecule has 0 aromatic heterocycles. The molecule has 0 bridgehead atoms. The summed E-state index contributed by atoms with van der Waals surface area (Å²) >= 11 is 0. The maximum Gasteiger partial charge on any atom is 0.338 e. The molecule has 2 N–H and O–H groups in total. The molecular formula is C23H31N3O5. The van der Waals surface area contributed by atoms with Crippen LogP contribution in [0.15, 0.2) is 35.5 Å². The van der Waals surface area contributed by atoms with Gasteiger partial charge in [-0.3, -0.25) is 9.69 Å². The van der Waals surface area contributed by atoms with Gasteiger partial charge in [0.2, 0.25) is 0 Å². The lowest BCUT2D eigenvalue weighted by Gasteiger charge is -2.35. The molecule has 31 heavy (non-hydrogen) atoms. The Kier molecular flexibility index (Phi) is 7.68. The minimum atomic E-state index is -0.603. The van der Waals surface area contributed by atoms with E-state index in [0.717, 1.165) is 30.5 Å². The summed E-state index contributed by atoms with van der Waals surface area (Å²) in [6.07, 6.45) is 1.62. The van der Waals surface area contributed by atoms with Crippen molar-refractivity contribution in [1.29, 1.82) is 0 Å². The largest absolute Gasteiger partial charge is 0.466 e. The fourth-order valence-electron chi connectivity index (χ4n) is 4.08. The summed E-state index contributed by atoms with van der Waals surface area (Å²) in [5.41, 5.74) is 2.80. The van der Waals surface area contributed by atoms with Gasteiger partial charge in [0.15, 0.2) is 0 Å². The van der Waals surface area contributed by atoms with Gasteiger partial charge in [-0.2, -0.15) is 0 Å². The van der Waals surface area contributed by atoms with Gasteiger partial charge in [-0.15, -0.1) is 0 Å². The number of urea groups is 1. The molecule has 8 nitrogen and oxygen atoms in total. The highest BCUT2D eigenvalue weighted by atomic mass is 16.5. The zero-order chi connectivity index (χ0) is 22.4. The highest BCUT2D eigenvalue weighted by molar-refractivity contribution is 5.95. The lowest BCUT2D eigenvalue weighted by Crippen LogP contribution is -2.50. The Balaban J connectivity index is 1.89. The SMILES string of the molecule is CCOC(=O)C1=C(CN2CCC[C@H](C(=O)OCC)C2)NC(=O)N[C@@H]1c1ccc(C)cc1. The molecule has 2 atom stereocenters. The fraction of sp³-hybridized carbons (Fsp3) is 0.522. The van der Waals surface area contributed by atoms with Crippen LogP contribution in [0, 0.1) is 12.8 Å². The van der Waals surface area contributed by atoms with Crippen molar-refractivity contribution in [2.24, 2.45) is 5.92 Å². The number of nitrogens with zero attached hydrogens (tertiary/aromatic N) is 1. The minimum absolute atomic E-state index is 0.196. The molecule has 0 saturated carbocycles. The quantitative estimate of drug-likeness (QED) is 0.647. The maximum absolute atomic E-state index is 12.9. The van der Waals surface area contributed by atoms with Crippen LogP contribution in [0.1, 0.15) is 43.9 Å². The number of ether oxygens (including phenoxy) is 2. The standard InChI is InChI=1S/C23H31N3O5/c1-4-30-21(27)17-7-6-12-26(13-17)14-18-19(22(28)31-5-2)20(25-23(29)24-18)16-10-8-15(3)9-11-16/h8-11,17,20H,4-7,12-14H2,1-3H3,(H2,24,25,29)/t17-,20+/m0/s1. The van der Waals surface area contributed by atoms with E-state index in [0.29, 0.717) is 31.0 Å². The molecule has 1 fully saturated rings. The topological polar surface area (TPSA) is 97.0 Å². The second-order valence-corrected chi connectivity index (χ2v) is 7.88. The Hall–Kier alpha value is -2.87. The second kappa shape index (κ2) is 10.4. The van der Waals surface area contributed by atoms with Crippen LogP contribution in [-0.2, 0) is 19.1 Å². The Bertz CT molecular complexity index is 849. The zero-order valence-corrected chi connectivity index (χ0v) is 18.4. The summed E-state index contributed by atoms with van der Waals surface area (Å²) in [4.78, 5) is 39.6. The highest BCUT2D eigenvalue weighted by Crippen LogP contribution is 2.29. The number of hydrogen-bond donors (Lipinski definition) is 2. The van der Waals surface area contributed by atoms with Crippen LogP contribution >= 0.6 is 0 Å². The molecule has 168 valence electrons. The maximum atomic E-state index is 12.9. The first-order valence-electron chi connectivity index (χ1n) is 10.9. The Morgan fingerprint density at radius 1 is 1.13 bits per heavy atom. The second-order valence-electron chi connectivity index (χ2n) is 7.88. The molecule has 2 aliphatic heterocycles. The number of carbonyl (C=O) groups is 3. The van der Waals surface area contributed by atoms with Crippen molar-refractivity contribution in [1.82, 2.24) is 15.5 Å². The average Bonchev–Trinajstić information content (AvgIpc) is 2.74. The lowest BCUT2D eigenvalue weighted by molar-refractivity contribution is -0.150. The van der Waals surface area contributed by atoms with Crippen LogP contribution in [0.2, 0.25) is 0 Å². The normalized spacial score (nSPS) is 21.8. The molecule has 0 unspecified atom stereocenters. The minimum Gasteiger partial charge on any atom is -0.466 e. The summed E-state index contributed by atoms with van der Waals surface area (Å²) in [5.74, 6) is -0.862. The van der Waals surface area contributed by atoms with Gasteiger partial charge in [-0.05, 0) is 45.7 Å². The lowest BCUT2D eigenvalue weighted by atomic mass is 9.93. The number of likely N-dealkylation sites (tertiary alicyclic amines) is 1.